The third-order valence-corrected chi connectivity index (χ3v) is 5.21. The molecular weight excluding hydrogens is 260 g/mol. The highest BCUT2D eigenvalue weighted by Gasteiger charge is 2.23. The quantitative estimate of drug-likeness (QED) is 0.860. The Morgan fingerprint density at radius 3 is 2.95 bits per heavy atom. The van der Waals surface area contributed by atoms with E-state index in [0.717, 1.165) is 27.8 Å². The van der Waals surface area contributed by atoms with Crippen molar-refractivity contribution in [3.05, 3.63) is 27.0 Å². The molecule has 1 fully saturated rings. The van der Waals surface area contributed by atoms with E-state index in [2.05, 4.69) is 4.98 Å². The molecule has 100 valence electrons. The molecule has 1 aliphatic heterocycles. The Morgan fingerprint density at radius 1 is 1.42 bits per heavy atom. The molecular formula is C14H16N2O2S. The molecule has 1 aromatic rings. The second kappa shape index (κ2) is 5.40. The summed E-state index contributed by atoms with van der Waals surface area (Å²) < 4.78 is 5.48. The van der Waals surface area contributed by atoms with Gasteiger partial charge in [-0.25, -0.2) is 0 Å². The van der Waals surface area contributed by atoms with Crippen LogP contribution in [0.3, 0.4) is 0 Å². The summed E-state index contributed by atoms with van der Waals surface area (Å²) in [5.74, 6) is 1.83. The Morgan fingerprint density at radius 2 is 2.26 bits per heavy atom. The number of nitriles is 1. The number of thioether (sulfide) groups is 1. The lowest BCUT2D eigenvalue weighted by Crippen LogP contribution is -2.23. The monoisotopic (exact) mass is 276 g/mol. The Labute approximate surface area is 116 Å². The maximum Gasteiger partial charge on any atom is 0.267 e. The first-order chi connectivity index (χ1) is 9.29. The molecule has 0 aromatic carbocycles. The second-order valence-corrected chi connectivity index (χ2v) is 6.17. The maximum absolute atomic E-state index is 11.9. The van der Waals surface area contributed by atoms with Gasteiger partial charge in [0, 0.05) is 11.3 Å². The average molecular weight is 276 g/mol. The van der Waals surface area contributed by atoms with Crippen LogP contribution in [0.4, 0.5) is 0 Å². The predicted molar refractivity (Wildman–Crippen MR) is 73.2 cm³/mol. The van der Waals surface area contributed by atoms with Crippen LogP contribution >= 0.6 is 11.8 Å². The Balaban J connectivity index is 1.92. The Kier molecular flexibility index (Phi) is 3.63. The summed E-state index contributed by atoms with van der Waals surface area (Å²) in [5.41, 5.74) is 1.94. The smallest absolute Gasteiger partial charge is 0.267 e. The summed E-state index contributed by atoms with van der Waals surface area (Å²) in [6.45, 7) is 1.10. The van der Waals surface area contributed by atoms with Gasteiger partial charge in [-0.05, 0) is 30.7 Å². The van der Waals surface area contributed by atoms with E-state index in [-0.39, 0.29) is 11.1 Å². The van der Waals surface area contributed by atoms with Gasteiger partial charge in [0.25, 0.3) is 5.56 Å². The normalized spacial score (nSPS) is 18.5. The van der Waals surface area contributed by atoms with Gasteiger partial charge in [-0.15, -0.1) is 11.8 Å². The van der Waals surface area contributed by atoms with Gasteiger partial charge < -0.3 is 9.72 Å². The van der Waals surface area contributed by atoms with Crippen molar-refractivity contribution in [1.29, 1.82) is 5.26 Å². The summed E-state index contributed by atoms with van der Waals surface area (Å²) in [7, 11) is 0. The molecule has 4 nitrogen and oxygen atoms in total. The number of ether oxygens (including phenoxy) is 1. The molecule has 1 aromatic heterocycles. The number of fused-ring (bicyclic) bond motifs is 1. The second-order valence-electron chi connectivity index (χ2n) is 5.14. The fourth-order valence-electron chi connectivity index (χ4n) is 2.55. The fraction of sp³-hybridized carbons (Fsp3) is 0.571. The first kappa shape index (κ1) is 12.8. The number of nitrogens with zero attached hydrogens (tertiary/aromatic N) is 1. The predicted octanol–water partition coefficient (Wildman–Crippen LogP) is 2.21. The van der Waals surface area contributed by atoms with E-state index in [4.69, 9.17) is 10.00 Å². The van der Waals surface area contributed by atoms with Gasteiger partial charge >= 0.3 is 0 Å². The van der Waals surface area contributed by atoms with Crippen LogP contribution in [-0.2, 0) is 17.8 Å². The minimum absolute atomic E-state index is 0.251. The average Bonchev–Trinajstić information content (AvgIpc) is 2.37. The van der Waals surface area contributed by atoms with Gasteiger partial charge in [0.05, 0.1) is 18.2 Å². The van der Waals surface area contributed by atoms with E-state index < -0.39 is 0 Å². The molecule has 1 aliphatic carbocycles. The van der Waals surface area contributed by atoms with E-state index in [9.17, 15) is 4.79 Å². The fourth-order valence-corrected chi connectivity index (χ4v) is 3.80. The molecule has 0 bridgehead atoms. The number of hydrogen-bond donors (Lipinski definition) is 1. The number of aromatic nitrogens is 1. The molecule has 1 N–H and O–H groups in total. The Hall–Kier alpha value is -1.25. The molecule has 0 spiro atoms. The lowest BCUT2D eigenvalue weighted by Gasteiger charge is -2.26. The first-order valence-electron chi connectivity index (χ1n) is 6.68. The van der Waals surface area contributed by atoms with E-state index in [1.54, 1.807) is 11.8 Å². The topological polar surface area (TPSA) is 65.9 Å². The van der Waals surface area contributed by atoms with Crippen LogP contribution in [0.1, 0.15) is 36.0 Å². The van der Waals surface area contributed by atoms with Crippen molar-refractivity contribution >= 4 is 11.8 Å². The lowest BCUT2D eigenvalue weighted by molar-refractivity contribution is 0.108. The number of rotatable bonds is 3. The number of pyridine rings is 1. The summed E-state index contributed by atoms with van der Waals surface area (Å²) in [6, 6.07) is 2.03. The Bertz CT molecular complexity index is 584. The van der Waals surface area contributed by atoms with Crippen molar-refractivity contribution in [3.8, 4) is 6.07 Å². The zero-order valence-corrected chi connectivity index (χ0v) is 11.5. The van der Waals surface area contributed by atoms with E-state index in [1.165, 1.54) is 19.3 Å². The molecule has 0 unspecified atom stereocenters. The van der Waals surface area contributed by atoms with Crippen LogP contribution < -0.4 is 5.56 Å². The minimum Gasteiger partial charge on any atom is -0.376 e. The largest absolute Gasteiger partial charge is 0.376 e. The van der Waals surface area contributed by atoms with Gasteiger partial charge in [-0.2, -0.15) is 5.26 Å². The number of hydrogen-bond acceptors (Lipinski definition) is 4. The molecule has 0 amide bonds. The molecule has 1 saturated carbocycles. The van der Waals surface area contributed by atoms with E-state index in [1.807, 2.05) is 6.07 Å². The van der Waals surface area contributed by atoms with Gasteiger partial charge in [0.15, 0.2) is 0 Å². The van der Waals surface area contributed by atoms with Gasteiger partial charge in [0.2, 0.25) is 0 Å². The highest BCUT2D eigenvalue weighted by molar-refractivity contribution is 7.99. The van der Waals surface area contributed by atoms with Crippen LogP contribution in [0.5, 0.6) is 0 Å². The minimum atomic E-state index is -0.251. The molecule has 2 heterocycles. The zero-order valence-electron chi connectivity index (χ0n) is 10.7. The number of aromatic amines is 1. The van der Waals surface area contributed by atoms with E-state index in [0.29, 0.717) is 19.6 Å². The molecule has 19 heavy (non-hydrogen) atoms. The van der Waals surface area contributed by atoms with Crippen LogP contribution in [-0.4, -0.2) is 17.3 Å². The zero-order chi connectivity index (χ0) is 13.2. The van der Waals surface area contributed by atoms with Gasteiger partial charge in [-0.1, -0.05) is 6.42 Å². The summed E-state index contributed by atoms with van der Waals surface area (Å²) >= 11 is 1.71. The van der Waals surface area contributed by atoms with E-state index >= 15 is 0 Å². The SMILES string of the molecule is N#Cc1c2c(c(SCC3CCC3)[nH]c1=O)COCC2. The van der Waals surface area contributed by atoms with Crippen molar-refractivity contribution in [1.82, 2.24) is 4.98 Å². The molecule has 5 heteroatoms. The highest BCUT2D eigenvalue weighted by atomic mass is 32.2. The highest BCUT2D eigenvalue weighted by Crippen LogP contribution is 2.34. The van der Waals surface area contributed by atoms with Crippen molar-refractivity contribution in [2.75, 3.05) is 12.4 Å². The van der Waals surface area contributed by atoms with Crippen molar-refractivity contribution < 1.29 is 4.74 Å². The van der Waals surface area contributed by atoms with Crippen LogP contribution in [0.25, 0.3) is 0 Å². The standard InChI is InChI=1S/C14H16N2O2S/c15-6-11-10-4-5-18-7-12(10)14(16-13(11)17)19-8-9-2-1-3-9/h9H,1-5,7-8H2,(H,16,17). The van der Waals surface area contributed by atoms with Gasteiger partial charge in [-0.3, -0.25) is 4.79 Å². The number of H-pyrrole nitrogens is 1. The molecule has 0 radical (unpaired) electrons. The van der Waals surface area contributed by atoms with Crippen LogP contribution in [0.2, 0.25) is 0 Å². The van der Waals surface area contributed by atoms with Crippen LogP contribution in [0.15, 0.2) is 9.82 Å². The third kappa shape index (κ3) is 2.43. The molecule has 0 saturated heterocycles. The molecule has 3 rings (SSSR count). The molecule has 0 atom stereocenters. The molecule has 2 aliphatic rings. The van der Waals surface area contributed by atoms with Crippen molar-refractivity contribution in [2.24, 2.45) is 5.92 Å². The third-order valence-electron chi connectivity index (χ3n) is 3.94. The summed E-state index contributed by atoms with van der Waals surface area (Å²) in [6.07, 6.45) is 4.59. The maximum atomic E-state index is 11.9. The van der Waals surface area contributed by atoms with Crippen molar-refractivity contribution in [3.63, 3.8) is 0 Å². The number of nitrogens with one attached hydrogen (secondary N) is 1. The lowest BCUT2D eigenvalue weighted by atomic mass is 9.87. The summed E-state index contributed by atoms with van der Waals surface area (Å²) in [5, 5.41) is 10.0. The van der Waals surface area contributed by atoms with Gasteiger partial charge in [0.1, 0.15) is 11.6 Å². The first-order valence-corrected chi connectivity index (χ1v) is 7.67. The van der Waals surface area contributed by atoms with Crippen LogP contribution in [0, 0.1) is 17.2 Å². The summed E-state index contributed by atoms with van der Waals surface area (Å²) in [4.78, 5) is 14.8. The van der Waals surface area contributed by atoms with Crippen molar-refractivity contribution in [2.45, 2.75) is 37.3 Å².